The molecule has 0 atom stereocenters. The molecule has 1 aromatic carbocycles. The first kappa shape index (κ1) is 21.4. The second kappa shape index (κ2) is 8.50. The van der Waals surface area contributed by atoms with Crippen LogP contribution in [0.25, 0.3) is 11.4 Å². The molecule has 8 nitrogen and oxygen atoms in total. The summed E-state index contributed by atoms with van der Waals surface area (Å²) in [6.45, 7) is 9.29. The summed E-state index contributed by atoms with van der Waals surface area (Å²) < 4.78 is 5.34. The van der Waals surface area contributed by atoms with Crippen LogP contribution in [-0.4, -0.2) is 52.2 Å². The second-order valence-corrected chi connectivity index (χ2v) is 9.87. The van der Waals surface area contributed by atoms with Gasteiger partial charge in [0.05, 0.1) is 0 Å². The maximum absolute atomic E-state index is 12.7. The summed E-state index contributed by atoms with van der Waals surface area (Å²) in [7, 11) is 0. The summed E-state index contributed by atoms with van der Waals surface area (Å²) in [6, 6.07) is 12.0. The summed E-state index contributed by atoms with van der Waals surface area (Å²) in [5, 5.41) is 7.09. The van der Waals surface area contributed by atoms with Gasteiger partial charge in [0.2, 0.25) is 11.7 Å². The SMILES string of the molecule is CC(C)(C)c1ccc(NC(=O)N2CCN(c3ccc(-c4noc(C5CC5)n4)cn3)CC2)cc1. The van der Waals surface area contributed by atoms with Crippen LogP contribution in [0.5, 0.6) is 0 Å². The lowest BCUT2D eigenvalue weighted by molar-refractivity contribution is 0.208. The van der Waals surface area contributed by atoms with Crippen molar-refractivity contribution in [2.24, 2.45) is 0 Å². The van der Waals surface area contributed by atoms with Gasteiger partial charge >= 0.3 is 6.03 Å². The quantitative estimate of drug-likeness (QED) is 0.627. The Balaban J connectivity index is 1.14. The van der Waals surface area contributed by atoms with Crippen LogP contribution in [0.2, 0.25) is 0 Å². The maximum Gasteiger partial charge on any atom is 0.321 e. The lowest BCUT2D eigenvalue weighted by atomic mass is 9.87. The first-order chi connectivity index (χ1) is 15.9. The molecule has 172 valence electrons. The Labute approximate surface area is 194 Å². The smallest absolute Gasteiger partial charge is 0.321 e. The van der Waals surface area contributed by atoms with Gasteiger partial charge in [0.25, 0.3) is 0 Å². The molecule has 0 radical (unpaired) electrons. The van der Waals surface area contributed by atoms with Crippen LogP contribution in [-0.2, 0) is 5.41 Å². The molecular weight excluding hydrogens is 416 g/mol. The van der Waals surface area contributed by atoms with Crippen molar-refractivity contribution in [2.75, 3.05) is 36.4 Å². The van der Waals surface area contributed by atoms with E-state index in [0.717, 1.165) is 48.9 Å². The number of piperazine rings is 1. The van der Waals surface area contributed by atoms with Crippen molar-refractivity contribution in [3.05, 3.63) is 54.0 Å². The second-order valence-electron chi connectivity index (χ2n) is 9.87. The van der Waals surface area contributed by atoms with E-state index in [0.29, 0.717) is 24.8 Å². The summed E-state index contributed by atoms with van der Waals surface area (Å²) in [5.74, 6) is 2.65. The number of nitrogens with zero attached hydrogens (tertiary/aromatic N) is 5. The zero-order valence-electron chi connectivity index (χ0n) is 19.4. The molecular formula is C25H30N6O2. The number of hydrogen-bond donors (Lipinski definition) is 1. The van der Waals surface area contributed by atoms with Crippen LogP contribution in [0.15, 0.2) is 47.1 Å². The highest BCUT2D eigenvalue weighted by molar-refractivity contribution is 5.89. The fraction of sp³-hybridized carbons (Fsp3) is 0.440. The lowest BCUT2D eigenvalue weighted by Crippen LogP contribution is -2.50. The van der Waals surface area contributed by atoms with E-state index in [1.807, 2.05) is 29.2 Å². The van der Waals surface area contributed by atoms with Gasteiger partial charge in [-0.05, 0) is 48.1 Å². The Kier molecular flexibility index (Phi) is 5.52. The highest BCUT2D eigenvalue weighted by atomic mass is 16.5. The molecule has 0 bridgehead atoms. The van der Waals surface area contributed by atoms with Gasteiger partial charge in [-0.15, -0.1) is 0 Å². The summed E-state index contributed by atoms with van der Waals surface area (Å²) >= 11 is 0. The Bertz CT molecular complexity index is 1110. The van der Waals surface area contributed by atoms with Crippen LogP contribution >= 0.6 is 0 Å². The number of carbonyl (C=O) groups is 1. The number of carbonyl (C=O) groups excluding carboxylic acids is 1. The Morgan fingerprint density at radius 1 is 1.03 bits per heavy atom. The third kappa shape index (κ3) is 4.84. The van der Waals surface area contributed by atoms with Gasteiger partial charge in [0, 0.05) is 49.5 Å². The van der Waals surface area contributed by atoms with E-state index in [2.05, 4.69) is 58.2 Å². The standard InChI is InChI=1S/C25H30N6O2/c1-25(2,3)19-7-9-20(10-8-19)27-24(32)31-14-12-30(13-15-31)21-11-6-18(16-26-21)22-28-23(33-29-22)17-4-5-17/h6-11,16-17H,4-5,12-15H2,1-3H3,(H,27,32). The van der Waals surface area contributed by atoms with Crippen molar-refractivity contribution >= 4 is 17.5 Å². The number of hydrogen-bond acceptors (Lipinski definition) is 6. The molecule has 1 saturated heterocycles. The first-order valence-electron chi connectivity index (χ1n) is 11.6. The molecule has 1 saturated carbocycles. The van der Waals surface area contributed by atoms with Crippen molar-refractivity contribution in [1.29, 1.82) is 0 Å². The van der Waals surface area contributed by atoms with Gasteiger partial charge in [-0.1, -0.05) is 38.1 Å². The normalized spacial score (nSPS) is 16.7. The molecule has 1 N–H and O–H groups in total. The van der Waals surface area contributed by atoms with Crippen molar-refractivity contribution in [2.45, 2.75) is 44.9 Å². The number of amides is 2. The van der Waals surface area contributed by atoms with Gasteiger partial charge in [-0.25, -0.2) is 9.78 Å². The van der Waals surface area contributed by atoms with E-state index in [-0.39, 0.29) is 11.4 Å². The number of aromatic nitrogens is 3. The minimum atomic E-state index is -0.0648. The van der Waals surface area contributed by atoms with Gasteiger partial charge in [-0.3, -0.25) is 0 Å². The van der Waals surface area contributed by atoms with E-state index in [1.54, 1.807) is 6.20 Å². The van der Waals surface area contributed by atoms with Gasteiger partial charge in [0.1, 0.15) is 5.82 Å². The minimum absolute atomic E-state index is 0.0648. The van der Waals surface area contributed by atoms with Crippen molar-refractivity contribution < 1.29 is 9.32 Å². The Hall–Kier alpha value is -3.42. The van der Waals surface area contributed by atoms with Gasteiger partial charge < -0.3 is 19.6 Å². The highest BCUT2D eigenvalue weighted by Crippen LogP contribution is 2.39. The van der Waals surface area contributed by atoms with Crippen LogP contribution in [0.4, 0.5) is 16.3 Å². The summed E-state index contributed by atoms with van der Waals surface area (Å²) in [5.41, 5.74) is 3.01. The van der Waals surface area contributed by atoms with E-state index < -0.39 is 0 Å². The van der Waals surface area contributed by atoms with E-state index >= 15 is 0 Å². The van der Waals surface area contributed by atoms with Gasteiger partial charge in [-0.2, -0.15) is 4.98 Å². The maximum atomic E-state index is 12.7. The average molecular weight is 447 g/mol. The minimum Gasteiger partial charge on any atom is -0.353 e. The van der Waals surface area contributed by atoms with Crippen LogP contribution in [0.3, 0.4) is 0 Å². The topological polar surface area (TPSA) is 87.4 Å². The molecule has 2 aliphatic rings. The largest absolute Gasteiger partial charge is 0.353 e. The predicted molar refractivity (Wildman–Crippen MR) is 127 cm³/mol. The van der Waals surface area contributed by atoms with Crippen LogP contribution < -0.4 is 10.2 Å². The molecule has 0 unspecified atom stereocenters. The summed E-state index contributed by atoms with van der Waals surface area (Å²) in [4.78, 5) is 25.8. The predicted octanol–water partition coefficient (Wildman–Crippen LogP) is 4.66. The Morgan fingerprint density at radius 3 is 2.36 bits per heavy atom. The molecule has 0 spiro atoms. The average Bonchev–Trinajstić information content (AvgIpc) is 3.55. The number of nitrogens with one attached hydrogen (secondary N) is 1. The fourth-order valence-corrected chi connectivity index (χ4v) is 3.95. The number of rotatable bonds is 4. The number of pyridine rings is 1. The number of urea groups is 1. The van der Waals surface area contributed by atoms with Crippen LogP contribution in [0, 0.1) is 0 Å². The third-order valence-corrected chi connectivity index (χ3v) is 6.27. The molecule has 2 fully saturated rings. The van der Waals surface area contributed by atoms with Crippen molar-refractivity contribution in [3.63, 3.8) is 0 Å². The van der Waals surface area contributed by atoms with E-state index in [4.69, 9.17) is 4.52 Å². The van der Waals surface area contributed by atoms with Crippen molar-refractivity contribution in [1.82, 2.24) is 20.0 Å². The zero-order chi connectivity index (χ0) is 23.0. The summed E-state index contributed by atoms with van der Waals surface area (Å²) in [6.07, 6.45) is 4.05. The molecule has 3 aromatic rings. The molecule has 3 heterocycles. The number of anilines is 2. The molecule has 2 aromatic heterocycles. The van der Waals surface area contributed by atoms with Crippen LogP contribution in [0.1, 0.15) is 51.0 Å². The monoisotopic (exact) mass is 446 g/mol. The highest BCUT2D eigenvalue weighted by Gasteiger charge is 2.30. The van der Waals surface area contributed by atoms with Crippen molar-refractivity contribution in [3.8, 4) is 11.4 Å². The number of benzene rings is 1. The zero-order valence-corrected chi connectivity index (χ0v) is 19.4. The molecule has 2 amide bonds. The Morgan fingerprint density at radius 2 is 1.76 bits per heavy atom. The first-order valence-corrected chi connectivity index (χ1v) is 11.6. The molecule has 33 heavy (non-hydrogen) atoms. The molecule has 1 aliphatic heterocycles. The fourth-order valence-electron chi connectivity index (χ4n) is 3.95. The van der Waals surface area contributed by atoms with E-state index in [1.165, 1.54) is 5.56 Å². The lowest BCUT2D eigenvalue weighted by Gasteiger charge is -2.35. The third-order valence-electron chi connectivity index (χ3n) is 6.27. The molecule has 5 rings (SSSR count). The molecule has 8 heteroatoms. The van der Waals surface area contributed by atoms with Gasteiger partial charge in [0.15, 0.2) is 0 Å². The van der Waals surface area contributed by atoms with E-state index in [9.17, 15) is 4.79 Å². The molecule has 1 aliphatic carbocycles.